The summed E-state index contributed by atoms with van der Waals surface area (Å²) < 4.78 is 4.46. The Morgan fingerprint density at radius 2 is 1.85 bits per heavy atom. The van der Waals surface area contributed by atoms with Crippen molar-refractivity contribution in [3.63, 3.8) is 0 Å². The minimum Gasteiger partial charge on any atom is -0.480 e. The number of methoxy groups -OCH3 is 1. The highest BCUT2D eigenvalue weighted by atomic mass is 16.5. The van der Waals surface area contributed by atoms with Crippen LogP contribution in [0.3, 0.4) is 0 Å². The molecule has 0 aromatic rings. The first-order chi connectivity index (χ1) is 9.46. The maximum Gasteiger partial charge on any atom is 0.326 e. The van der Waals surface area contributed by atoms with Gasteiger partial charge in [0, 0.05) is 12.3 Å². The zero-order valence-corrected chi connectivity index (χ0v) is 12.5. The minimum absolute atomic E-state index is 0.0283. The molecule has 0 saturated carbocycles. The first-order valence-electron chi connectivity index (χ1n) is 7.06. The number of carboxylic acids is 1. The fraction of sp³-hybridized carbons (Fsp3) is 0.786. The van der Waals surface area contributed by atoms with Crippen molar-refractivity contribution in [2.75, 3.05) is 7.11 Å². The summed E-state index contributed by atoms with van der Waals surface area (Å²) in [6, 6.07) is -1.04. The van der Waals surface area contributed by atoms with Crippen molar-refractivity contribution in [2.45, 2.75) is 58.4 Å². The summed E-state index contributed by atoms with van der Waals surface area (Å²) in [5.74, 6) is -2.04. The molecule has 116 valence electrons. The molecule has 0 fully saturated rings. The first-order valence-corrected chi connectivity index (χ1v) is 7.06. The van der Waals surface area contributed by atoms with Crippen LogP contribution in [0.15, 0.2) is 0 Å². The van der Waals surface area contributed by atoms with Gasteiger partial charge in [0.2, 0.25) is 5.91 Å². The van der Waals surface area contributed by atoms with Crippen LogP contribution in [0.5, 0.6) is 0 Å². The SMILES string of the molecule is CCCCC(CC)C(=O)NC(CCC(=O)OC)C(=O)O. The van der Waals surface area contributed by atoms with Crippen molar-refractivity contribution in [2.24, 2.45) is 5.92 Å². The molecule has 0 saturated heterocycles. The van der Waals surface area contributed by atoms with E-state index in [-0.39, 0.29) is 24.7 Å². The maximum atomic E-state index is 12.0. The van der Waals surface area contributed by atoms with Crippen molar-refractivity contribution in [1.82, 2.24) is 5.32 Å². The third-order valence-corrected chi connectivity index (χ3v) is 3.25. The molecule has 1 amide bonds. The highest BCUT2D eigenvalue weighted by Crippen LogP contribution is 2.13. The second-order valence-electron chi connectivity index (χ2n) is 4.76. The Morgan fingerprint density at radius 3 is 2.30 bits per heavy atom. The van der Waals surface area contributed by atoms with Crippen LogP contribution in [0.2, 0.25) is 0 Å². The van der Waals surface area contributed by atoms with E-state index >= 15 is 0 Å². The fourth-order valence-corrected chi connectivity index (χ4v) is 1.88. The number of carbonyl (C=O) groups excluding carboxylic acids is 2. The molecule has 0 aliphatic heterocycles. The second kappa shape index (κ2) is 10.2. The highest BCUT2D eigenvalue weighted by molar-refractivity contribution is 5.85. The Balaban J connectivity index is 4.45. The van der Waals surface area contributed by atoms with Crippen LogP contribution in [0.4, 0.5) is 0 Å². The summed E-state index contributed by atoms with van der Waals surface area (Å²) in [6.45, 7) is 3.95. The van der Waals surface area contributed by atoms with Crippen LogP contribution in [0.1, 0.15) is 52.4 Å². The van der Waals surface area contributed by atoms with Gasteiger partial charge < -0.3 is 15.2 Å². The van der Waals surface area contributed by atoms with Gasteiger partial charge in [0.15, 0.2) is 0 Å². The molecule has 0 heterocycles. The van der Waals surface area contributed by atoms with Gasteiger partial charge in [0.05, 0.1) is 7.11 Å². The molecule has 6 nitrogen and oxygen atoms in total. The molecule has 0 aliphatic rings. The van der Waals surface area contributed by atoms with Crippen LogP contribution in [0.25, 0.3) is 0 Å². The highest BCUT2D eigenvalue weighted by Gasteiger charge is 2.24. The first kappa shape index (κ1) is 18.4. The zero-order valence-electron chi connectivity index (χ0n) is 12.5. The third-order valence-electron chi connectivity index (χ3n) is 3.25. The van der Waals surface area contributed by atoms with Crippen molar-refractivity contribution in [3.8, 4) is 0 Å². The summed E-state index contributed by atoms with van der Waals surface area (Å²) in [4.78, 5) is 34.1. The molecule has 6 heteroatoms. The number of aliphatic carboxylic acids is 1. The normalized spacial score (nSPS) is 13.3. The lowest BCUT2D eigenvalue weighted by atomic mass is 9.97. The van der Waals surface area contributed by atoms with E-state index in [1.54, 1.807) is 0 Å². The van der Waals surface area contributed by atoms with Crippen molar-refractivity contribution >= 4 is 17.8 Å². The molecule has 2 unspecified atom stereocenters. The van der Waals surface area contributed by atoms with Crippen LogP contribution in [0, 0.1) is 5.92 Å². The number of carboxylic acid groups (broad SMARTS) is 1. The van der Waals surface area contributed by atoms with Gasteiger partial charge in [-0.3, -0.25) is 9.59 Å². The lowest BCUT2D eigenvalue weighted by Crippen LogP contribution is -2.43. The summed E-state index contributed by atoms with van der Waals surface area (Å²) in [6.07, 6.45) is 3.37. The number of amides is 1. The molecule has 0 spiro atoms. The number of hydrogen-bond donors (Lipinski definition) is 2. The average Bonchev–Trinajstić information content (AvgIpc) is 2.43. The molecule has 2 atom stereocenters. The lowest BCUT2D eigenvalue weighted by Gasteiger charge is -2.19. The van der Waals surface area contributed by atoms with Crippen molar-refractivity contribution < 1.29 is 24.2 Å². The van der Waals surface area contributed by atoms with Gasteiger partial charge in [0.25, 0.3) is 0 Å². The minimum atomic E-state index is -1.13. The molecule has 2 N–H and O–H groups in total. The van der Waals surface area contributed by atoms with Crippen LogP contribution in [-0.2, 0) is 19.1 Å². The second-order valence-corrected chi connectivity index (χ2v) is 4.76. The lowest BCUT2D eigenvalue weighted by molar-refractivity contribution is -0.144. The Bertz CT molecular complexity index is 330. The van der Waals surface area contributed by atoms with Crippen LogP contribution in [-0.4, -0.2) is 36.1 Å². The summed E-state index contributed by atoms with van der Waals surface area (Å²) in [7, 11) is 1.24. The maximum absolute atomic E-state index is 12.0. The number of esters is 1. The van der Waals surface area contributed by atoms with E-state index in [4.69, 9.17) is 5.11 Å². The number of hydrogen-bond acceptors (Lipinski definition) is 4. The van der Waals surface area contributed by atoms with E-state index in [1.807, 2.05) is 13.8 Å². The molecule has 0 aromatic heterocycles. The largest absolute Gasteiger partial charge is 0.480 e. The van der Waals surface area contributed by atoms with E-state index in [2.05, 4.69) is 10.1 Å². The van der Waals surface area contributed by atoms with E-state index < -0.39 is 18.0 Å². The van der Waals surface area contributed by atoms with Crippen LogP contribution >= 0.6 is 0 Å². The van der Waals surface area contributed by atoms with E-state index in [1.165, 1.54) is 7.11 Å². The van der Waals surface area contributed by atoms with Crippen LogP contribution < -0.4 is 5.32 Å². The van der Waals surface area contributed by atoms with Gasteiger partial charge in [-0.2, -0.15) is 0 Å². The van der Waals surface area contributed by atoms with Gasteiger partial charge >= 0.3 is 11.9 Å². The molecule has 0 rings (SSSR count). The number of ether oxygens (including phenoxy) is 1. The molecular formula is C14H25NO5. The quantitative estimate of drug-likeness (QED) is 0.597. The Hall–Kier alpha value is -1.59. The predicted molar refractivity (Wildman–Crippen MR) is 74.1 cm³/mol. The molecule has 0 bridgehead atoms. The van der Waals surface area contributed by atoms with Crippen molar-refractivity contribution in [3.05, 3.63) is 0 Å². The fourth-order valence-electron chi connectivity index (χ4n) is 1.88. The molecular weight excluding hydrogens is 262 g/mol. The molecule has 0 aromatic carbocycles. The Labute approximate surface area is 119 Å². The summed E-state index contributed by atoms with van der Waals surface area (Å²) in [5.41, 5.74) is 0. The molecule has 0 radical (unpaired) electrons. The van der Waals surface area contributed by atoms with E-state index in [9.17, 15) is 14.4 Å². The van der Waals surface area contributed by atoms with Gasteiger partial charge in [-0.1, -0.05) is 26.7 Å². The van der Waals surface area contributed by atoms with Gasteiger partial charge in [-0.05, 0) is 19.3 Å². The van der Waals surface area contributed by atoms with Gasteiger partial charge in [-0.25, -0.2) is 4.79 Å². The van der Waals surface area contributed by atoms with Gasteiger partial charge in [-0.15, -0.1) is 0 Å². The molecule has 0 aliphatic carbocycles. The standard InChI is InChI=1S/C14H25NO5/c1-4-6-7-10(5-2)13(17)15-11(14(18)19)8-9-12(16)20-3/h10-11H,4-9H2,1-3H3,(H,15,17)(H,18,19). The monoisotopic (exact) mass is 287 g/mol. The zero-order chi connectivity index (χ0) is 15.5. The summed E-state index contributed by atoms with van der Waals surface area (Å²) >= 11 is 0. The third kappa shape index (κ3) is 7.11. The van der Waals surface area contributed by atoms with Crippen molar-refractivity contribution in [1.29, 1.82) is 0 Å². The average molecular weight is 287 g/mol. The van der Waals surface area contributed by atoms with E-state index in [0.29, 0.717) is 6.42 Å². The number of rotatable bonds is 10. The van der Waals surface area contributed by atoms with E-state index in [0.717, 1.165) is 19.3 Å². The number of nitrogens with one attached hydrogen (secondary N) is 1. The predicted octanol–water partition coefficient (Wildman–Crippen LogP) is 1.73. The van der Waals surface area contributed by atoms with Gasteiger partial charge in [0.1, 0.15) is 6.04 Å². The Morgan fingerprint density at radius 1 is 1.20 bits per heavy atom. The summed E-state index contributed by atoms with van der Waals surface area (Å²) in [5, 5.41) is 11.6. The number of unbranched alkanes of at least 4 members (excludes halogenated alkanes) is 1. The number of carbonyl (C=O) groups is 3. The topological polar surface area (TPSA) is 92.7 Å². The smallest absolute Gasteiger partial charge is 0.326 e. The molecule has 20 heavy (non-hydrogen) atoms. The Kier molecular flexibility index (Phi) is 9.41.